The lowest BCUT2D eigenvalue weighted by Gasteiger charge is -2.39. The standard InChI is InChI=1S/C51H75N15O13/c1-51(2,3)79-50(75)66-14-11-34(12-15-66)28-65-18-16-64(17-19-65)20-21-76-22-23-77-24-25-78-33-44(70)52-13-10-43(69)56-39-32-63(7)46(58-39)48(72)54-36-27-40(61(5)30-36)59-42(68)9-8-41(67)55-38-31-62(6)45(57-38)47(71)53-35-26-37(49(73)74)60(4)29-35/h26-27,29-32,34H,8-25,28,33H2,1-7H3,(H,52,70)(H,53,71)(H,54,72)(H,55,67)(H,56,69)(H,59,68)(H,73,74). The summed E-state index contributed by atoms with van der Waals surface area (Å²) in [6, 6.07) is 2.81. The third kappa shape index (κ3) is 19.6. The lowest BCUT2D eigenvalue weighted by Crippen LogP contribution is -2.50. The first-order valence-corrected chi connectivity index (χ1v) is 26.2. The molecular formula is C51H75N15O13. The summed E-state index contributed by atoms with van der Waals surface area (Å²) in [7, 11) is 6.29. The first kappa shape index (κ1) is 60.6. The van der Waals surface area contributed by atoms with Gasteiger partial charge in [-0.05, 0) is 45.6 Å². The zero-order valence-electron chi connectivity index (χ0n) is 46.1. The van der Waals surface area contributed by atoms with Gasteiger partial charge in [-0.1, -0.05) is 0 Å². The first-order chi connectivity index (χ1) is 37.6. The van der Waals surface area contributed by atoms with Crippen LogP contribution >= 0.6 is 0 Å². The van der Waals surface area contributed by atoms with E-state index in [4.69, 9.17) is 18.9 Å². The maximum atomic E-state index is 13.2. The molecule has 4 aromatic heterocycles. The van der Waals surface area contributed by atoms with E-state index in [1.165, 1.54) is 51.5 Å². The number of hydrogen-bond donors (Lipinski definition) is 7. The molecule has 7 N–H and O–H groups in total. The molecule has 6 rings (SSSR count). The summed E-state index contributed by atoms with van der Waals surface area (Å²) in [6.45, 7) is 14.9. The summed E-state index contributed by atoms with van der Waals surface area (Å²) in [5.74, 6) is -3.24. The van der Waals surface area contributed by atoms with Gasteiger partial charge in [0.2, 0.25) is 35.3 Å². The Hall–Kier alpha value is -7.66. The Balaban J connectivity index is 0.764. The molecule has 0 radical (unpaired) electrons. The minimum absolute atomic E-state index is 0.0204. The summed E-state index contributed by atoms with van der Waals surface area (Å²) < 4.78 is 28.0. The average Bonchev–Trinajstić information content (AvgIpc) is 4.18. The second-order valence-corrected chi connectivity index (χ2v) is 20.4. The SMILES string of the molecule is Cn1cc(NC(=O)c2nc(NC(=O)CCNC(=O)COCCOCCOCCN3CCN(CC4CCN(C(=O)OC(C)(C)C)CC4)CC3)cn2C)cc1NC(=O)CCC(=O)Nc1cn(C)c(C(=O)Nc2cc(C(=O)O)n(C)c2)n1. The third-order valence-electron chi connectivity index (χ3n) is 12.7. The van der Waals surface area contributed by atoms with Crippen LogP contribution in [-0.4, -0.2) is 200 Å². The van der Waals surface area contributed by atoms with Gasteiger partial charge in [0.1, 0.15) is 23.7 Å². The van der Waals surface area contributed by atoms with Crippen molar-refractivity contribution < 1.29 is 62.4 Å². The number of piperazine rings is 1. The number of carbonyl (C=O) groups is 8. The number of aromatic carboxylic acids is 1. The molecule has 0 bridgehead atoms. The summed E-state index contributed by atoms with van der Waals surface area (Å²) in [4.78, 5) is 115. The minimum Gasteiger partial charge on any atom is -0.477 e. The molecule has 432 valence electrons. The second kappa shape index (κ2) is 28.8. The summed E-state index contributed by atoms with van der Waals surface area (Å²) in [5, 5.41) is 25.0. The molecule has 0 aromatic carbocycles. The number of carboxylic acids is 1. The first-order valence-electron chi connectivity index (χ1n) is 26.2. The van der Waals surface area contributed by atoms with Gasteiger partial charge in [0.25, 0.3) is 11.8 Å². The van der Waals surface area contributed by atoms with Crippen molar-refractivity contribution in [2.45, 2.75) is 58.5 Å². The van der Waals surface area contributed by atoms with E-state index in [-0.39, 0.29) is 79.8 Å². The van der Waals surface area contributed by atoms with Crippen LogP contribution in [-0.2, 0) is 66.3 Å². The molecule has 28 heteroatoms. The van der Waals surface area contributed by atoms with Crippen LogP contribution in [0.1, 0.15) is 84.6 Å². The number of carbonyl (C=O) groups excluding carboxylic acids is 7. The molecule has 0 aliphatic carbocycles. The lowest BCUT2D eigenvalue weighted by molar-refractivity contribution is -0.126. The predicted octanol–water partition coefficient (Wildman–Crippen LogP) is 2.15. The fraction of sp³-hybridized carbons (Fsp3) is 0.569. The van der Waals surface area contributed by atoms with Gasteiger partial charge in [-0.2, -0.15) is 0 Å². The van der Waals surface area contributed by atoms with Crippen LogP contribution < -0.4 is 31.9 Å². The van der Waals surface area contributed by atoms with E-state index < -0.39 is 47.0 Å². The number of hydrogen-bond acceptors (Lipinski definition) is 16. The summed E-state index contributed by atoms with van der Waals surface area (Å²) in [6.07, 6.45) is 7.17. The van der Waals surface area contributed by atoms with E-state index in [1.54, 1.807) is 31.9 Å². The van der Waals surface area contributed by atoms with Crippen molar-refractivity contribution in [3.63, 3.8) is 0 Å². The fourth-order valence-electron chi connectivity index (χ4n) is 8.64. The number of nitrogens with zero attached hydrogens (tertiary/aromatic N) is 9. The Morgan fingerprint density at radius 1 is 0.595 bits per heavy atom. The van der Waals surface area contributed by atoms with Crippen molar-refractivity contribution in [2.75, 3.05) is 125 Å². The maximum absolute atomic E-state index is 13.2. The van der Waals surface area contributed by atoms with Crippen LogP contribution in [0.25, 0.3) is 0 Å². The van der Waals surface area contributed by atoms with Gasteiger partial charge in [-0.3, -0.25) is 33.7 Å². The second-order valence-electron chi connectivity index (χ2n) is 20.4. The topological polar surface area (TPSA) is 321 Å². The average molecular weight is 1110 g/mol. The fourth-order valence-corrected chi connectivity index (χ4v) is 8.64. The molecule has 0 unspecified atom stereocenters. The number of ether oxygens (including phenoxy) is 4. The number of aryl methyl sites for hydroxylation is 4. The van der Waals surface area contributed by atoms with E-state index in [2.05, 4.69) is 51.7 Å². The van der Waals surface area contributed by atoms with E-state index in [1.807, 2.05) is 25.7 Å². The van der Waals surface area contributed by atoms with Gasteiger partial charge < -0.3 is 84.0 Å². The van der Waals surface area contributed by atoms with Gasteiger partial charge in [0.05, 0.1) is 44.4 Å². The molecule has 28 nitrogen and oxygen atoms in total. The summed E-state index contributed by atoms with van der Waals surface area (Å²) in [5.41, 5.74) is 0.0684. The van der Waals surface area contributed by atoms with Gasteiger partial charge in [0.15, 0.2) is 11.6 Å². The third-order valence-corrected chi connectivity index (χ3v) is 12.7. The lowest BCUT2D eigenvalue weighted by atomic mass is 9.96. The summed E-state index contributed by atoms with van der Waals surface area (Å²) >= 11 is 0. The highest BCUT2D eigenvalue weighted by Crippen LogP contribution is 2.23. The Bertz CT molecular complexity index is 2760. The number of amides is 7. The zero-order chi connectivity index (χ0) is 57.2. The van der Waals surface area contributed by atoms with Crippen molar-refractivity contribution >= 4 is 76.3 Å². The highest BCUT2D eigenvalue weighted by atomic mass is 16.6. The van der Waals surface area contributed by atoms with Crippen molar-refractivity contribution in [1.82, 2.24) is 48.3 Å². The van der Waals surface area contributed by atoms with Gasteiger partial charge in [-0.25, -0.2) is 19.6 Å². The highest BCUT2D eigenvalue weighted by Gasteiger charge is 2.29. The minimum atomic E-state index is -1.16. The predicted molar refractivity (Wildman–Crippen MR) is 289 cm³/mol. The monoisotopic (exact) mass is 1110 g/mol. The normalized spacial score (nSPS) is 14.4. The molecule has 0 saturated carbocycles. The van der Waals surface area contributed by atoms with Crippen molar-refractivity contribution in [3.8, 4) is 0 Å². The van der Waals surface area contributed by atoms with Gasteiger partial charge in [-0.15, -0.1) is 0 Å². The van der Waals surface area contributed by atoms with E-state index >= 15 is 0 Å². The number of carboxylic acid groups (broad SMARTS) is 1. The number of rotatable bonds is 27. The molecule has 2 fully saturated rings. The van der Waals surface area contributed by atoms with Crippen LogP contribution in [0.2, 0.25) is 0 Å². The largest absolute Gasteiger partial charge is 0.477 e. The highest BCUT2D eigenvalue weighted by molar-refractivity contribution is 6.04. The van der Waals surface area contributed by atoms with Crippen LogP contribution in [0, 0.1) is 5.92 Å². The Labute approximate surface area is 457 Å². The van der Waals surface area contributed by atoms with Crippen LogP contribution in [0.4, 0.5) is 33.6 Å². The van der Waals surface area contributed by atoms with E-state index in [9.17, 15) is 43.5 Å². The number of nitrogens with one attached hydrogen (secondary N) is 6. The molecular weight excluding hydrogens is 1030 g/mol. The van der Waals surface area contributed by atoms with Crippen LogP contribution in [0.5, 0.6) is 0 Å². The zero-order valence-corrected chi connectivity index (χ0v) is 46.1. The molecule has 7 amide bonds. The van der Waals surface area contributed by atoms with Crippen molar-refractivity contribution in [3.05, 3.63) is 54.3 Å². The molecule has 6 heterocycles. The number of likely N-dealkylation sites (tertiary alicyclic amines) is 1. The Morgan fingerprint density at radius 3 is 1.68 bits per heavy atom. The van der Waals surface area contributed by atoms with Gasteiger partial charge in [0, 0.05) is 137 Å². The van der Waals surface area contributed by atoms with E-state index in [0.29, 0.717) is 43.9 Å². The maximum Gasteiger partial charge on any atom is 0.410 e. The van der Waals surface area contributed by atoms with Crippen molar-refractivity contribution in [1.29, 1.82) is 0 Å². The number of piperidine rings is 1. The smallest absolute Gasteiger partial charge is 0.410 e. The molecule has 0 atom stereocenters. The molecule has 79 heavy (non-hydrogen) atoms. The Kier molecular flexibility index (Phi) is 22.1. The Morgan fingerprint density at radius 2 is 1.11 bits per heavy atom. The number of imidazole rings is 2. The molecule has 2 aliphatic heterocycles. The van der Waals surface area contributed by atoms with Crippen LogP contribution in [0.15, 0.2) is 36.9 Å². The number of aromatic nitrogens is 6. The van der Waals surface area contributed by atoms with Crippen LogP contribution in [0.3, 0.4) is 0 Å². The number of anilines is 5. The molecule has 4 aromatic rings. The molecule has 0 spiro atoms. The van der Waals surface area contributed by atoms with E-state index in [0.717, 1.165) is 65.2 Å². The van der Waals surface area contributed by atoms with Crippen molar-refractivity contribution in [2.24, 2.45) is 34.1 Å². The van der Waals surface area contributed by atoms with Gasteiger partial charge >= 0.3 is 12.1 Å². The quantitative estimate of drug-likeness (QED) is 0.0421. The molecule has 2 aliphatic rings. The molecule has 2 saturated heterocycles.